The van der Waals surface area contributed by atoms with E-state index in [1.807, 2.05) is 0 Å². The van der Waals surface area contributed by atoms with Gasteiger partial charge < -0.3 is 16.5 Å². The Morgan fingerprint density at radius 1 is 1.82 bits per heavy atom. The lowest BCUT2D eigenvalue weighted by molar-refractivity contribution is -0.122. The van der Waals surface area contributed by atoms with E-state index in [0.717, 1.165) is 6.21 Å². The summed E-state index contributed by atoms with van der Waals surface area (Å²) in [5.41, 5.74) is 5.47. The standard InChI is InChI=1S/C6H10N4O/c1-3-9-5(8)4(2-7)6(11)10-3/h2,4-5,7H,8H2,1H3,(H,9,10,11). The molecule has 0 aliphatic carbocycles. The zero-order valence-electron chi connectivity index (χ0n) is 6.16. The fourth-order valence-electron chi connectivity index (χ4n) is 0.927. The molecule has 0 aromatic rings. The average Bonchev–Trinajstić information content (AvgIpc) is 1.85. The van der Waals surface area contributed by atoms with Crippen LogP contribution in [0.5, 0.6) is 0 Å². The Bertz CT molecular complexity index is 223. The number of hydrogen-bond donors (Lipinski definition) is 3. The smallest absolute Gasteiger partial charge is 0.237 e. The number of nitrogens with one attached hydrogen (secondary N) is 2. The summed E-state index contributed by atoms with van der Waals surface area (Å²) in [5.74, 6) is -0.348. The number of carbonyl (C=O) groups is 1. The molecular weight excluding hydrogens is 144 g/mol. The lowest BCUT2D eigenvalue weighted by atomic mass is 10.1. The quantitative estimate of drug-likeness (QED) is 0.426. The van der Waals surface area contributed by atoms with E-state index in [0.29, 0.717) is 5.84 Å². The normalized spacial score (nSPS) is 30.7. The van der Waals surface area contributed by atoms with Crippen molar-refractivity contribution in [3.63, 3.8) is 0 Å². The van der Waals surface area contributed by atoms with Crippen molar-refractivity contribution in [1.29, 1.82) is 5.41 Å². The fraction of sp³-hybridized carbons (Fsp3) is 0.500. The van der Waals surface area contributed by atoms with Crippen LogP contribution in [0, 0.1) is 11.3 Å². The molecule has 5 heteroatoms. The minimum absolute atomic E-state index is 0.250. The molecule has 0 aromatic heterocycles. The fourth-order valence-corrected chi connectivity index (χ4v) is 0.927. The Kier molecular flexibility index (Phi) is 2.00. The molecule has 0 radical (unpaired) electrons. The van der Waals surface area contributed by atoms with E-state index in [4.69, 9.17) is 11.1 Å². The second-order valence-electron chi connectivity index (χ2n) is 2.39. The molecule has 4 N–H and O–H groups in total. The van der Waals surface area contributed by atoms with Crippen molar-refractivity contribution in [3.05, 3.63) is 0 Å². The van der Waals surface area contributed by atoms with Crippen LogP contribution in [-0.4, -0.2) is 24.1 Å². The summed E-state index contributed by atoms with van der Waals surface area (Å²) in [6.45, 7) is 1.66. The van der Waals surface area contributed by atoms with Crippen LogP contribution in [0.25, 0.3) is 0 Å². The number of rotatable bonds is 1. The maximum absolute atomic E-state index is 11.0. The van der Waals surface area contributed by atoms with Crippen LogP contribution in [0.4, 0.5) is 0 Å². The highest BCUT2D eigenvalue weighted by Gasteiger charge is 2.27. The molecule has 2 unspecified atom stereocenters. The van der Waals surface area contributed by atoms with E-state index >= 15 is 0 Å². The predicted octanol–water partition coefficient (Wildman–Crippen LogP) is -0.915. The third-order valence-corrected chi connectivity index (χ3v) is 1.50. The first-order chi connectivity index (χ1) is 5.15. The zero-order chi connectivity index (χ0) is 8.43. The van der Waals surface area contributed by atoms with Crippen molar-refractivity contribution in [1.82, 2.24) is 5.32 Å². The van der Waals surface area contributed by atoms with Crippen molar-refractivity contribution in [2.75, 3.05) is 0 Å². The van der Waals surface area contributed by atoms with Gasteiger partial charge in [0, 0.05) is 6.21 Å². The van der Waals surface area contributed by atoms with Gasteiger partial charge in [-0.3, -0.25) is 9.79 Å². The van der Waals surface area contributed by atoms with Gasteiger partial charge in [-0.25, -0.2) is 0 Å². The molecule has 60 valence electrons. The Labute approximate surface area is 64.2 Å². The van der Waals surface area contributed by atoms with E-state index in [-0.39, 0.29) is 5.91 Å². The summed E-state index contributed by atoms with van der Waals surface area (Å²) < 4.78 is 0. The van der Waals surface area contributed by atoms with Crippen LogP contribution in [0.1, 0.15) is 6.92 Å². The van der Waals surface area contributed by atoms with Crippen LogP contribution in [0.2, 0.25) is 0 Å². The van der Waals surface area contributed by atoms with Crippen LogP contribution in [0.3, 0.4) is 0 Å². The summed E-state index contributed by atoms with van der Waals surface area (Å²) in [4.78, 5) is 14.9. The molecule has 0 bridgehead atoms. The van der Waals surface area contributed by atoms with Gasteiger partial charge >= 0.3 is 0 Å². The zero-order valence-corrected chi connectivity index (χ0v) is 6.16. The van der Waals surface area contributed by atoms with Crippen LogP contribution in [-0.2, 0) is 4.79 Å². The van der Waals surface area contributed by atoms with Gasteiger partial charge in [0.2, 0.25) is 5.91 Å². The molecule has 11 heavy (non-hydrogen) atoms. The predicted molar refractivity (Wildman–Crippen MR) is 41.5 cm³/mol. The molecule has 1 rings (SSSR count). The Morgan fingerprint density at radius 3 is 2.91 bits per heavy atom. The van der Waals surface area contributed by atoms with E-state index < -0.39 is 12.1 Å². The first-order valence-electron chi connectivity index (χ1n) is 3.26. The number of amides is 1. The number of nitrogens with two attached hydrogens (primary N) is 1. The van der Waals surface area contributed by atoms with Gasteiger partial charge in [0.1, 0.15) is 17.9 Å². The van der Waals surface area contributed by atoms with Crippen molar-refractivity contribution in [2.45, 2.75) is 13.1 Å². The molecule has 0 saturated heterocycles. The molecule has 1 aliphatic rings. The molecule has 0 aromatic carbocycles. The number of hydrogen-bond acceptors (Lipinski definition) is 4. The molecule has 2 atom stereocenters. The lowest BCUT2D eigenvalue weighted by Crippen LogP contribution is -2.48. The summed E-state index contributed by atoms with van der Waals surface area (Å²) in [5, 5.41) is 9.38. The largest absolute Gasteiger partial charge is 0.314 e. The average molecular weight is 154 g/mol. The molecular formula is C6H10N4O. The first kappa shape index (κ1) is 7.87. The number of amidine groups is 1. The number of nitrogens with zero attached hydrogens (tertiary/aromatic N) is 1. The number of carbonyl (C=O) groups excluding carboxylic acids is 1. The van der Waals surface area contributed by atoms with Gasteiger partial charge in [-0.2, -0.15) is 0 Å². The Morgan fingerprint density at radius 2 is 2.45 bits per heavy atom. The summed E-state index contributed by atoms with van der Waals surface area (Å²) in [6.07, 6.45) is 0.414. The molecule has 0 spiro atoms. The molecule has 1 aliphatic heterocycles. The molecule has 0 fully saturated rings. The first-order valence-corrected chi connectivity index (χ1v) is 3.26. The van der Waals surface area contributed by atoms with Crippen LogP contribution < -0.4 is 11.1 Å². The maximum Gasteiger partial charge on any atom is 0.237 e. The third-order valence-electron chi connectivity index (χ3n) is 1.50. The van der Waals surface area contributed by atoms with Gasteiger partial charge in [0.25, 0.3) is 0 Å². The molecule has 5 nitrogen and oxygen atoms in total. The van der Waals surface area contributed by atoms with Crippen molar-refractivity contribution >= 4 is 18.0 Å². The maximum atomic E-state index is 11.0. The highest BCUT2D eigenvalue weighted by atomic mass is 16.2. The van der Waals surface area contributed by atoms with Gasteiger partial charge in [-0.15, -0.1) is 0 Å². The van der Waals surface area contributed by atoms with Crippen molar-refractivity contribution in [3.8, 4) is 0 Å². The minimum atomic E-state index is -0.612. The molecule has 0 saturated carbocycles. The highest BCUT2D eigenvalue weighted by Crippen LogP contribution is 2.04. The van der Waals surface area contributed by atoms with Crippen molar-refractivity contribution < 1.29 is 4.79 Å². The second-order valence-corrected chi connectivity index (χ2v) is 2.39. The van der Waals surface area contributed by atoms with Crippen LogP contribution in [0.15, 0.2) is 4.99 Å². The van der Waals surface area contributed by atoms with Gasteiger partial charge in [-0.05, 0) is 6.92 Å². The van der Waals surface area contributed by atoms with Gasteiger partial charge in [-0.1, -0.05) is 0 Å². The van der Waals surface area contributed by atoms with Gasteiger partial charge in [0.15, 0.2) is 0 Å². The monoisotopic (exact) mass is 154 g/mol. The van der Waals surface area contributed by atoms with Crippen molar-refractivity contribution in [2.24, 2.45) is 16.6 Å². The second kappa shape index (κ2) is 2.79. The number of aliphatic imine (C=N–C) groups is 1. The Hall–Kier alpha value is -1.23. The topological polar surface area (TPSA) is 91.3 Å². The summed E-state index contributed by atoms with van der Waals surface area (Å²) >= 11 is 0. The van der Waals surface area contributed by atoms with E-state index in [1.54, 1.807) is 6.92 Å². The van der Waals surface area contributed by atoms with Crippen LogP contribution >= 0.6 is 0 Å². The summed E-state index contributed by atoms with van der Waals surface area (Å²) in [7, 11) is 0. The lowest BCUT2D eigenvalue weighted by Gasteiger charge is -2.21. The van der Waals surface area contributed by atoms with E-state index in [1.165, 1.54) is 0 Å². The minimum Gasteiger partial charge on any atom is -0.314 e. The van der Waals surface area contributed by atoms with Gasteiger partial charge in [0.05, 0.1) is 0 Å². The Balaban J connectivity index is 2.85. The molecule has 1 amide bonds. The van der Waals surface area contributed by atoms with E-state index in [2.05, 4.69) is 10.3 Å². The SMILES string of the molecule is CC1=NC(N)C(C=N)C(=O)N1. The third kappa shape index (κ3) is 1.43. The van der Waals surface area contributed by atoms with E-state index in [9.17, 15) is 4.79 Å². The molecule has 1 heterocycles. The summed E-state index contributed by atoms with van der Waals surface area (Å²) in [6, 6.07) is 0. The highest BCUT2D eigenvalue weighted by molar-refractivity contribution is 6.05.